The van der Waals surface area contributed by atoms with Gasteiger partial charge in [-0.2, -0.15) is 0 Å². The van der Waals surface area contributed by atoms with Crippen molar-refractivity contribution in [3.8, 4) is 5.75 Å². The van der Waals surface area contributed by atoms with Gasteiger partial charge < -0.3 is 9.84 Å². The monoisotopic (exact) mass is 333 g/mol. The van der Waals surface area contributed by atoms with Crippen LogP contribution in [0.15, 0.2) is 47.5 Å². The molecule has 0 spiro atoms. The molecule has 0 aliphatic carbocycles. The van der Waals surface area contributed by atoms with Gasteiger partial charge in [-0.05, 0) is 36.6 Å². The maximum Gasteiger partial charge on any atom is 0.229 e. The summed E-state index contributed by atoms with van der Waals surface area (Å²) in [6.45, 7) is 1.88. The lowest BCUT2D eigenvalue weighted by Crippen LogP contribution is -2.21. The molecule has 122 valence electrons. The molecule has 2 aromatic rings. The molecular weight excluding hydrogens is 316 g/mol. The van der Waals surface area contributed by atoms with Gasteiger partial charge >= 0.3 is 0 Å². The van der Waals surface area contributed by atoms with Crippen molar-refractivity contribution in [1.82, 2.24) is 0 Å². The zero-order chi connectivity index (χ0) is 17.0. The summed E-state index contributed by atoms with van der Waals surface area (Å²) in [5, 5.41) is 12.4. The summed E-state index contributed by atoms with van der Waals surface area (Å²) in [5.41, 5.74) is 1.68. The van der Waals surface area contributed by atoms with Crippen LogP contribution in [0.25, 0.3) is 0 Å². The minimum atomic E-state index is -3.49. The van der Waals surface area contributed by atoms with Crippen molar-refractivity contribution in [2.24, 2.45) is 4.99 Å². The quantitative estimate of drug-likeness (QED) is 0.667. The Morgan fingerprint density at radius 1 is 1.22 bits per heavy atom. The molecule has 23 heavy (non-hydrogen) atoms. The van der Waals surface area contributed by atoms with E-state index < -0.39 is 15.9 Å². The van der Waals surface area contributed by atoms with Gasteiger partial charge in [0.15, 0.2) is 0 Å². The van der Waals surface area contributed by atoms with Gasteiger partial charge in [-0.15, -0.1) is 0 Å². The molecule has 0 unspecified atom stereocenters. The number of aryl methyl sites for hydroxylation is 1. The minimum Gasteiger partial charge on any atom is -0.858 e. The number of benzene rings is 2. The summed E-state index contributed by atoms with van der Waals surface area (Å²) in [4.78, 5) is 4.05. The van der Waals surface area contributed by atoms with E-state index in [2.05, 4.69) is 9.71 Å². The standard InChI is InChI=1S/C16H18N2O4S/c1-11-8-9-15(22-2)14(10-11)17-16(19)12-6-4-5-7-13(12)18-23(3,20)21/h4-10,18H,1-3H3,(H,17,19)/p-1. The highest BCUT2D eigenvalue weighted by atomic mass is 32.2. The van der Waals surface area contributed by atoms with Gasteiger partial charge in [0, 0.05) is 5.56 Å². The Labute approximate surface area is 135 Å². The first-order valence-corrected chi connectivity index (χ1v) is 8.67. The highest BCUT2D eigenvalue weighted by Gasteiger charge is 2.08. The molecule has 0 amide bonds. The average Bonchev–Trinajstić information content (AvgIpc) is 2.46. The molecule has 7 heteroatoms. The lowest BCUT2D eigenvalue weighted by Gasteiger charge is -2.17. The molecular formula is C16H17N2O4S-. The van der Waals surface area contributed by atoms with E-state index in [-0.39, 0.29) is 11.3 Å². The van der Waals surface area contributed by atoms with E-state index in [9.17, 15) is 13.5 Å². The maximum atomic E-state index is 12.4. The number of nitrogens with zero attached hydrogens (tertiary/aromatic N) is 1. The van der Waals surface area contributed by atoms with E-state index >= 15 is 0 Å². The van der Waals surface area contributed by atoms with Crippen molar-refractivity contribution < 1.29 is 18.3 Å². The zero-order valence-electron chi connectivity index (χ0n) is 13.0. The molecule has 0 bridgehead atoms. The van der Waals surface area contributed by atoms with Crippen LogP contribution < -0.4 is 14.6 Å². The number of hydrogen-bond donors (Lipinski definition) is 1. The van der Waals surface area contributed by atoms with Crippen molar-refractivity contribution >= 4 is 27.3 Å². The smallest absolute Gasteiger partial charge is 0.229 e. The molecule has 1 N–H and O–H groups in total. The zero-order valence-corrected chi connectivity index (χ0v) is 13.8. The first-order valence-electron chi connectivity index (χ1n) is 6.77. The molecule has 0 aromatic heterocycles. The third kappa shape index (κ3) is 4.46. The van der Waals surface area contributed by atoms with Gasteiger partial charge in [-0.3, -0.25) is 9.71 Å². The van der Waals surface area contributed by atoms with Crippen LogP contribution in [0.1, 0.15) is 11.1 Å². The Morgan fingerprint density at radius 2 is 1.91 bits per heavy atom. The van der Waals surface area contributed by atoms with Crippen LogP contribution >= 0.6 is 0 Å². The third-order valence-electron chi connectivity index (χ3n) is 3.01. The molecule has 0 saturated heterocycles. The summed E-state index contributed by atoms with van der Waals surface area (Å²) in [6.07, 6.45) is 1.02. The minimum absolute atomic E-state index is 0.168. The van der Waals surface area contributed by atoms with Crippen LogP contribution in [0.4, 0.5) is 11.4 Å². The van der Waals surface area contributed by atoms with Crippen LogP contribution in [0, 0.1) is 6.92 Å². The number of methoxy groups -OCH3 is 1. The summed E-state index contributed by atoms with van der Waals surface area (Å²) in [6, 6.07) is 11.6. The van der Waals surface area contributed by atoms with E-state index in [0.29, 0.717) is 11.4 Å². The van der Waals surface area contributed by atoms with E-state index in [0.717, 1.165) is 11.8 Å². The van der Waals surface area contributed by atoms with Gasteiger partial charge in [-0.25, -0.2) is 8.42 Å². The summed E-state index contributed by atoms with van der Waals surface area (Å²) in [5.74, 6) is -0.0850. The lowest BCUT2D eigenvalue weighted by molar-refractivity contribution is -0.212. The molecule has 0 aliphatic rings. The van der Waals surface area contributed by atoms with Crippen LogP contribution in [0.5, 0.6) is 5.75 Å². The first kappa shape index (κ1) is 16.8. The van der Waals surface area contributed by atoms with Gasteiger partial charge in [0.05, 0.1) is 19.1 Å². The third-order valence-corrected chi connectivity index (χ3v) is 3.60. The van der Waals surface area contributed by atoms with Gasteiger partial charge in [-0.1, -0.05) is 24.3 Å². The maximum absolute atomic E-state index is 12.4. The molecule has 0 fully saturated rings. The molecule has 0 radical (unpaired) electrons. The number of para-hydroxylation sites is 1. The average molecular weight is 333 g/mol. The van der Waals surface area contributed by atoms with Crippen molar-refractivity contribution in [2.75, 3.05) is 18.1 Å². The fourth-order valence-corrected chi connectivity index (χ4v) is 2.59. The van der Waals surface area contributed by atoms with Crippen LogP contribution in [-0.4, -0.2) is 27.7 Å². The number of ether oxygens (including phenoxy) is 1. The normalized spacial score (nSPS) is 12.0. The number of rotatable bonds is 5. The van der Waals surface area contributed by atoms with Crippen molar-refractivity contribution in [2.45, 2.75) is 6.92 Å². The lowest BCUT2D eigenvalue weighted by atomic mass is 10.1. The Morgan fingerprint density at radius 3 is 2.57 bits per heavy atom. The van der Waals surface area contributed by atoms with Gasteiger partial charge in [0.25, 0.3) is 0 Å². The number of hydrogen-bond acceptors (Lipinski definition) is 5. The molecule has 0 aliphatic heterocycles. The van der Waals surface area contributed by atoms with Crippen molar-refractivity contribution in [3.63, 3.8) is 0 Å². The predicted octanol–water partition coefficient (Wildman–Crippen LogP) is 1.81. The van der Waals surface area contributed by atoms with Crippen LogP contribution in [0.2, 0.25) is 0 Å². The Hall–Kier alpha value is -2.54. The topological polar surface area (TPSA) is 90.8 Å². The molecule has 6 nitrogen and oxygen atoms in total. The van der Waals surface area contributed by atoms with Crippen LogP contribution in [0.3, 0.4) is 0 Å². The number of aliphatic imine (C=N–C) groups is 1. The molecule has 0 atom stereocenters. The fraction of sp³-hybridized carbons (Fsp3) is 0.188. The van der Waals surface area contributed by atoms with Crippen molar-refractivity contribution in [1.29, 1.82) is 0 Å². The predicted molar refractivity (Wildman–Crippen MR) is 88.8 cm³/mol. The van der Waals surface area contributed by atoms with Crippen LogP contribution in [-0.2, 0) is 10.0 Å². The van der Waals surface area contributed by atoms with E-state index in [1.165, 1.54) is 19.2 Å². The summed E-state index contributed by atoms with van der Waals surface area (Å²) in [7, 11) is -2.00. The fourth-order valence-electron chi connectivity index (χ4n) is 2.02. The highest BCUT2D eigenvalue weighted by molar-refractivity contribution is 7.92. The van der Waals surface area contributed by atoms with E-state index in [4.69, 9.17) is 4.74 Å². The number of sulfonamides is 1. The molecule has 2 aromatic carbocycles. The number of anilines is 1. The SMILES string of the molecule is COc1ccc(C)cc1N=C([O-])c1ccccc1NS(C)(=O)=O. The molecule has 0 heterocycles. The van der Waals surface area contributed by atoms with Crippen molar-refractivity contribution in [3.05, 3.63) is 53.6 Å². The first-order chi connectivity index (χ1) is 10.8. The van der Waals surface area contributed by atoms with E-state index in [1.54, 1.807) is 24.3 Å². The Bertz CT molecular complexity index is 845. The second-order valence-electron chi connectivity index (χ2n) is 5.01. The van der Waals surface area contributed by atoms with Gasteiger partial charge in [0.2, 0.25) is 10.0 Å². The molecule has 2 rings (SSSR count). The Kier molecular flexibility index (Phi) is 4.90. The Balaban J connectivity index is 2.49. The highest BCUT2D eigenvalue weighted by Crippen LogP contribution is 2.29. The second-order valence-corrected chi connectivity index (χ2v) is 6.76. The van der Waals surface area contributed by atoms with E-state index in [1.807, 2.05) is 13.0 Å². The summed E-state index contributed by atoms with van der Waals surface area (Å²) < 4.78 is 30.3. The largest absolute Gasteiger partial charge is 0.858 e. The second kappa shape index (κ2) is 6.70. The summed E-state index contributed by atoms with van der Waals surface area (Å²) >= 11 is 0. The number of nitrogens with one attached hydrogen (secondary N) is 1. The van der Waals surface area contributed by atoms with Gasteiger partial charge in [0.1, 0.15) is 11.4 Å². The molecule has 0 saturated carbocycles.